The molecule has 0 bridgehead atoms. The molecule has 6 heteroatoms. The number of ketones is 1. The van der Waals surface area contributed by atoms with Gasteiger partial charge in [0.25, 0.3) is 0 Å². The van der Waals surface area contributed by atoms with Crippen LogP contribution in [0.5, 0.6) is 0 Å². The summed E-state index contributed by atoms with van der Waals surface area (Å²) in [6.45, 7) is 8.65. The van der Waals surface area contributed by atoms with Gasteiger partial charge in [0.2, 0.25) is 12.0 Å². The molecule has 1 fully saturated rings. The number of carbonyl (C=O) groups excluding carboxylic acids is 1. The molecule has 3 aromatic rings. The summed E-state index contributed by atoms with van der Waals surface area (Å²) in [5.74, 6) is -0.151. The number of Topliss-reactive ketones (excluding diaryl/α,β-unsaturated/α-hetero) is 1. The van der Waals surface area contributed by atoms with Gasteiger partial charge in [0.15, 0.2) is 0 Å². The van der Waals surface area contributed by atoms with E-state index in [-0.39, 0.29) is 16.9 Å². The quantitative estimate of drug-likeness (QED) is 0.508. The highest BCUT2D eigenvalue weighted by Gasteiger charge is 2.45. The predicted octanol–water partition coefficient (Wildman–Crippen LogP) is 5.30. The summed E-state index contributed by atoms with van der Waals surface area (Å²) >= 11 is 0. The molecule has 1 aromatic heterocycles. The summed E-state index contributed by atoms with van der Waals surface area (Å²) in [4.78, 5) is 20.1. The number of hydroxylamine groups is 2. The molecule has 2 aromatic carbocycles. The highest BCUT2D eigenvalue weighted by molar-refractivity contribution is 5.98. The summed E-state index contributed by atoms with van der Waals surface area (Å²) in [5.41, 5.74) is 1.81. The molecule has 0 amide bonds. The van der Waals surface area contributed by atoms with Crippen molar-refractivity contribution in [2.45, 2.75) is 64.3 Å². The molecule has 0 N–H and O–H groups in total. The predicted molar refractivity (Wildman–Crippen MR) is 120 cm³/mol. The van der Waals surface area contributed by atoms with Crippen LogP contribution in [-0.2, 0) is 4.84 Å². The maximum atomic E-state index is 13.5. The van der Waals surface area contributed by atoms with Crippen molar-refractivity contribution in [3.8, 4) is 11.3 Å². The lowest BCUT2D eigenvalue weighted by molar-refractivity contribution is -0.310. The first-order valence-corrected chi connectivity index (χ1v) is 10.8. The smallest absolute Gasteiger partial charge is 0.234 e. The largest absolute Gasteiger partial charge is 0.289 e. The summed E-state index contributed by atoms with van der Waals surface area (Å²) < 4.78 is 1.54. The van der Waals surface area contributed by atoms with E-state index in [1.54, 1.807) is 23.0 Å². The fourth-order valence-corrected chi connectivity index (χ4v) is 4.46. The van der Waals surface area contributed by atoms with Gasteiger partial charge in [0.1, 0.15) is 5.69 Å². The lowest BCUT2D eigenvalue weighted by Gasteiger charge is -2.52. The summed E-state index contributed by atoms with van der Waals surface area (Å²) in [7, 11) is 0. The number of rotatable bonds is 6. The number of piperidine rings is 1. The Kier molecular flexibility index (Phi) is 5.77. The van der Waals surface area contributed by atoms with Crippen molar-refractivity contribution in [1.82, 2.24) is 20.1 Å². The van der Waals surface area contributed by atoms with Crippen molar-refractivity contribution in [2.75, 3.05) is 0 Å². The maximum absolute atomic E-state index is 13.5. The minimum atomic E-state index is -0.941. The Bertz CT molecular complexity index is 1010. The Morgan fingerprint density at radius 3 is 2.13 bits per heavy atom. The highest BCUT2D eigenvalue weighted by Crippen LogP contribution is 2.40. The summed E-state index contributed by atoms with van der Waals surface area (Å²) in [6.07, 6.45) is 3.96. The molecule has 1 aliphatic heterocycles. The van der Waals surface area contributed by atoms with E-state index in [0.717, 1.165) is 24.8 Å². The topological polar surface area (TPSA) is 60.2 Å². The standard InChI is InChI=1S/C25H30N4O2/c1-24(2)16-11-17-25(3,4)29(24)31-23(22(30)20-14-9-6-10-15-20)28-18-21(26-27-28)19-12-7-5-8-13-19/h5-10,12-15,18,23H,11,16-17H2,1-4H3. The third-order valence-electron chi connectivity index (χ3n) is 5.98. The first-order valence-electron chi connectivity index (χ1n) is 10.8. The number of nitrogens with zero attached hydrogens (tertiary/aromatic N) is 4. The van der Waals surface area contributed by atoms with Crippen LogP contribution < -0.4 is 0 Å². The van der Waals surface area contributed by atoms with E-state index in [1.807, 2.05) is 53.6 Å². The lowest BCUT2D eigenvalue weighted by Crippen LogP contribution is -2.59. The Balaban J connectivity index is 1.72. The van der Waals surface area contributed by atoms with Crippen LogP contribution in [0, 0.1) is 0 Å². The molecule has 6 nitrogen and oxygen atoms in total. The van der Waals surface area contributed by atoms with Crippen molar-refractivity contribution in [3.05, 3.63) is 72.4 Å². The Morgan fingerprint density at radius 1 is 0.935 bits per heavy atom. The molecular formula is C25H30N4O2. The van der Waals surface area contributed by atoms with E-state index >= 15 is 0 Å². The van der Waals surface area contributed by atoms with Gasteiger partial charge in [-0.3, -0.25) is 9.63 Å². The zero-order valence-electron chi connectivity index (χ0n) is 18.7. The Hall–Kier alpha value is -2.83. The minimum Gasteiger partial charge on any atom is -0.289 e. The normalized spacial score (nSPS) is 19.1. The molecule has 1 atom stereocenters. The zero-order chi connectivity index (χ0) is 22.1. The van der Waals surface area contributed by atoms with Gasteiger partial charge in [-0.15, -0.1) is 5.10 Å². The van der Waals surface area contributed by atoms with Crippen LogP contribution in [0.1, 0.15) is 63.5 Å². The molecule has 1 unspecified atom stereocenters. The summed E-state index contributed by atoms with van der Waals surface area (Å²) in [6, 6.07) is 19.0. The van der Waals surface area contributed by atoms with E-state index in [2.05, 4.69) is 38.0 Å². The van der Waals surface area contributed by atoms with Crippen molar-refractivity contribution >= 4 is 5.78 Å². The molecule has 162 valence electrons. The molecule has 1 aliphatic rings. The number of carbonyl (C=O) groups is 1. The van der Waals surface area contributed by atoms with Crippen LogP contribution in [-0.4, -0.2) is 36.9 Å². The molecule has 2 heterocycles. The molecule has 0 aliphatic carbocycles. The van der Waals surface area contributed by atoms with Gasteiger partial charge in [-0.25, -0.2) is 4.68 Å². The van der Waals surface area contributed by atoms with E-state index in [4.69, 9.17) is 4.84 Å². The molecular weight excluding hydrogens is 388 g/mol. The Morgan fingerprint density at radius 2 is 1.52 bits per heavy atom. The van der Waals surface area contributed by atoms with Gasteiger partial charge >= 0.3 is 0 Å². The van der Waals surface area contributed by atoms with Crippen LogP contribution >= 0.6 is 0 Å². The van der Waals surface area contributed by atoms with Gasteiger partial charge in [0.05, 0.1) is 6.20 Å². The second-order valence-corrected chi connectivity index (χ2v) is 9.41. The SMILES string of the molecule is CC1(C)CCCC(C)(C)N1OC(C(=O)c1ccccc1)n1cc(-c2ccccc2)nn1. The number of benzene rings is 2. The molecule has 31 heavy (non-hydrogen) atoms. The number of hydrogen-bond donors (Lipinski definition) is 0. The average molecular weight is 419 g/mol. The molecule has 0 spiro atoms. The van der Waals surface area contributed by atoms with E-state index < -0.39 is 6.23 Å². The second kappa shape index (κ2) is 8.36. The highest BCUT2D eigenvalue weighted by atomic mass is 16.7. The van der Waals surface area contributed by atoms with Crippen molar-refractivity contribution < 1.29 is 9.63 Å². The fourth-order valence-electron chi connectivity index (χ4n) is 4.46. The van der Waals surface area contributed by atoms with E-state index in [0.29, 0.717) is 11.3 Å². The maximum Gasteiger partial charge on any atom is 0.234 e. The second-order valence-electron chi connectivity index (χ2n) is 9.41. The number of hydrogen-bond acceptors (Lipinski definition) is 5. The van der Waals surface area contributed by atoms with Crippen LogP contribution in [0.25, 0.3) is 11.3 Å². The van der Waals surface area contributed by atoms with Crippen LogP contribution in [0.3, 0.4) is 0 Å². The molecule has 4 rings (SSSR count). The first-order chi connectivity index (χ1) is 14.8. The van der Waals surface area contributed by atoms with Gasteiger partial charge in [-0.05, 0) is 47.0 Å². The van der Waals surface area contributed by atoms with Gasteiger partial charge in [-0.1, -0.05) is 65.9 Å². The third-order valence-corrected chi connectivity index (χ3v) is 5.98. The third kappa shape index (κ3) is 4.45. The lowest BCUT2D eigenvalue weighted by atomic mass is 9.82. The first kappa shape index (κ1) is 21.4. The minimum absolute atomic E-state index is 0.151. The van der Waals surface area contributed by atoms with Crippen molar-refractivity contribution in [1.29, 1.82) is 0 Å². The van der Waals surface area contributed by atoms with Crippen LogP contribution in [0.4, 0.5) is 0 Å². The number of aromatic nitrogens is 3. The average Bonchev–Trinajstić information content (AvgIpc) is 3.23. The van der Waals surface area contributed by atoms with E-state index in [1.165, 1.54) is 0 Å². The van der Waals surface area contributed by atoms with Gasteiger partial charge < -0.3 is 0 Å². The molecule has 0 radical (unpaired) electrons. The van der Waals surface area contributed by atoms with Crippen molar-refractivity contribution in [2.24, 2.45) is 0 Å². The molecule has 0 saturated carbocycles. The fraction of sp³-hybridized carbons (Fsp3) is 0.400. The van der Waals surface area contributed by atoms with Gasteiger partial charge in [-0.2, -0.15) is 5.06 Å². The van der Waals surface area contributed by atoms with Gasteiger partial charge in [0, 0.05) is 22.2 Å². The zero-order valence-corrected chi connectivity index (χ0v) is 18.7. The van der Waals surface area contributed by atoms with Crippen LogP contribution in [0.15, 0.2) is 66.9 Å². The van der Waals surface area contributed by atoms with Crippen molar-refractivity contribution in [3.63, 3.8) is 0 Å². The Labute approximate surface area is 183 Å². The molecule has 1 saturated heterocycles. The summed E-state index contributed by atoms with van der Waals surface area (Å²) in [5, 5.41) is 10.6. The van der Waals surface area contributed by atoms with Crippen LogP contribution in [0.2, 0.25) is 0 Å². The van der Waals surface area contributed by atoms with E-state index in [9.17, 15) is 4.79 Å². The monoisotopic (exact) mass is 418 g/mol.